The number of fused-ring (bicyclic) bond motifs is 1. The molecule has 1 aliphatic heterocycles. The van der Waals surface area contributed by atoms with Crippen LogP contribution in [0.3, 0.4) is 0 Å². The summed E-state index contributed by atoms with van der Waals surface area (Å²) < 4.78 is 10.9. The third-order valence-electron chi connectivity index (χ3n) is 4.08. The van der Waals surface area contributed by atoms with Gasteiger partial charge in [0.15, 0.2) is 0 Å². The molecular formula is C20H29NO4. The molecule has 0 unspecified atom stereocenters. The lowest BCUT2D eigenvalue weighted by molar-refractivity contribution is -0.145. The molecule has 5 heteroatoms. The molecule has 0 saturated carbocycles. The lowest BCUT2D eigenvalue weighted by Crippen LogP contribution is -2.46. The molecule has 1 aliphatic rings. The van der Waals surface area contributed by atoms with E-state index < -0.39 is 17.7 Å². The van der Waals surface area contributed by atoms with Crippen molar-refractivity contribution in [2.45, 2.75) is 71.4 Å². The van der Waals surface area contributed by atoms with Gasteiger partial charge in [-0.1, -0.05) is 44.4 Å². The highest BCUT2D eigenvalue weighted by Crippen LogP contribution is 2.33. The average molecular weight is 347 g/mol. The Balaban J connectivity index is 2.08. The number of nitrogens with zero attached hydrogens (tertiary/aromatic N) is 1. The second-order valence-corrected chi connectivity index (χ2v) is 7.43. The van der Waals surface area contributed by atoms with E-state index in [4.69, 9.17) is 9.47 Å². The summed E-state index contributed by atoms with van der Waals surface area (Å²) >= 11 is 0. The zero-order chi connectivity index (χ0) is 18.4. The van der Waals surface area contributed by atoms with Crippen molar-refractivity contribution in [2.75, 3.05) is 11.5 Å². The molecule has 1 amide bonds. The van der Waals surface area contributed by atoms with Crippen molar-refractivity contribution in [1.29, 1.82) is 0 Å². The zero-order valence-electron chi connectivity index (χ0n) is 15.7. The summed E-state index contributed by atoms with van der Waals surface area (Å²) in [5, 5.41) is 0. The van der Waals surface area contributed by atoms with Crippen LogP contribution in [0, 0.1) is 0 Å². The van der Waals surface area contributed by atoms with Gasteiger partial charge in [-0.3, -0.25) is 4.90 Å². The van der Waals surface area contributed by atoms with Crippen LogP contribution in [0.1, 0.15) is 58.9 Å². The standard InChI is InChI=1S/C20H29NO4/c1-5-6-7-10-13-24-18(22)17-14-15-11-8-9-12-16(15)21(17)19(23)25-20(2,3)4/h8-9,11-12,17H,5-7,10,13-14H2,1-4H3/t17-/m0/s1. The van der Waals surface area contributed by atoms with E-state index >= 15 is 0 Å². The van der Waals surface area contributed by atoms with Gasteiger partial charge in [-0.2, -0.15) is 0 Å². The first-order valence-electron chi connectivity index (χ1n) is 9.10. The van der Waals surface area contributed by atoms with Gasteiger partial charge in [0.2, 0.25) is 0 Å². The van der Waals surface area contributed by atoms with Crippen molar-refractivity contribution in [1.82, 2.24) is 0 Å². The number of para-hydroxylation sites is 1. The minimum Gasteiger partial charge on any atom is -0.464 e. The molecule has 0 radical (unpaired) electrons. The Morgan fingerprint density at radius 2 is 1.88 bits per heavy atom. The summed E-state index contributed by atoms with van der Waals surface area (Å²) in [6.07, 6.45) is 4.12. The molecule has 138 valence electrons. The van der Waals surface area contributed by atoms with Crippen molar-refractivity contribution < 1.29 is 19.1 Å². The normalized spacial score (nSPS) is 16.5. The first-order chi connectivity index (χ1) is 11.8. The summed E-state index contributed by atoms with van der Waals surface area (Å²) in [4.78, 5) is 26.6. The molecule has 0 aliphatic carbocycles. The second-order valence-electron chi connectivity index (χ2n) is 7.43. The first-order valence-corrected chi connectivity index (χ1v) is 9.10. The number of benzene rings is 1. The summed E-state index contributed by atoms with van der Waals surface area (Å²) in [5.41, 5.74) is 1.06. The van der Waals surface area contributed by atoms with Crippen LogP contribution >= 0.6 is 0 Å². The van der Waals surface area contributed by atoms with Crippen molar-refractivity contribution in [2.24, 2.45) is 0 Å². The fourth-order valence-electron chi connectivity index (χ4n) is 2.91. The van der Waals surface area contributed by atoms with E-state index in [-0.39, 0.29) is 5.97 Å². The Bertz CT molecular complexity index is 606. The Morgan fingerprint density at radius 3 is 2.56 bits per heavy atom. The summed E-state index contributed by atoms with van der Waals surface area (Å²) in [6.45, 7) is 7.98. The number of hydrogen-bond donors (Lipinski definition) is 0. The Hall–Kier alpha value is -2.04. The molecule has 0 aromatic heterocycles. The number of esters is 1. The van der Waals surface area contributed by atoms with Gasteiger partial charge in [0.25, 0.3) is 0 Å². The van der Waals surface area contributed by atoms with Gasteiger partial charge in [-0.05, 0) is 38.8 Å². The first kappa shape index (κ1) is 19.3. The van der Waals surface area contributed by atoms with E-state index in [0.29, 0.717) is 13.0 Å². The number of ether oxygens (including phenoxy) is 2. The Morgan fingerprint density at radius 1 is 1.16 bits per heavy atom. The summed E-state index contributed by atoms with van der Waals surface area (Å²) in [6, 6.07) is 6.88. The van der Waals surface area contributed by atoms with Gasteiger partial charge in [0, 0.05) is 6.42 Å². The average Bonchev–Trinajstić information content (AvgIpc) is 2.92. The maximum Gasteiger partial charge on any atom is 0.415 e. The number of anilines is 1. The van der Waals surface area contributed by atoms with Gasteiger partial charge < -0.3 is 9.47 Å². The molecular weight excluding hydrogens is 318 g/mol. The highest BCUT2D eigenvalue weighted by atomic mass is 16.6. The largest absolute Gasteiger partial charge is 0.464 e. The van der Waals surface area contributed by atoms with E-state index in [1.54, 1.807) is 0 Å². The number of rotatable bonds is 6. The number of hydrogen-bond acceptors (Lipinski definition) is 4. The molecule has 25 heavy (non-hydrogen) atoms. The lowest BCUT2D eigenvalue weighted by Gasteiger charge is -2.28. The highest BCUT2D eigenvalue weighted by molar-refractivity contribution is 5.99. The highest BCUT2D eigenvalue weighted by Gasteiger charge is 2.41. The van der Waals surface area contributed by atoms with Gasteiger partial charge in [-0.25, -0.2) is 9.59 Å². The van der Waals surface area contributed by atoms with Crippen LogP contribution in [-0.2, 0) is 20.7 Å². The fourth-order valence-corrected chi connectivity index (χ4v) is 2.91. The minimum absolute atomic E-state index is 0.362. The monoisotopic (exact) mass is 347 g/mol. The van der Waals surface area contributed by atoms with Crippen molar-refractivity contribution in [3.8, 4) is 0 Å². The van der Waals surface area contributed by atoms with Crippen LogP contribution in [0.2, 0.25) is 0 Å². The number of carbonyl (C=O) groups is 2. The number of carbonyl (C=O) groups excluding carboxylic acids is 2. The van der Waals surface area contributed by atoms with Crippen LogP contribution in [0.5, 0.6) is 0 Å². The van der Waals surface area contributed by atoms with Crippen molar-refractivity contribution >= 4 is 17.7 Å². The van der Waals surface area contributed by atoms with E-state index in [9.17, 15) is 9.59 Å². The van der Waals surface area contributed by atoms with Gasteiger partial charge in [0.1, 0.15) is 11.6 Å². The molecule has 0 N–H and O–H groups in total. The van der Waals surface area contributed by atoms with Crippen LogP contribution in [-0.4, -0.2) is 30.3 Å². The van der Waals surface area contributed by atoms with Crippen molar-refractivity contribution in [3.05, 3.63) is 29.8 Å². The molecule has 0 fully saturated rings. The smallest absolute Gasteiger partial charge is 0.415 e. The number of unbranched alkanes of at least 4 members (excludes halogenated alkanes) is 3. The predicted molar refractivity (Wildman–Crippen MR) is 97.7 cm³/mol. The van der Waals surface area contributed by atoms with Crippen LogP contribution in [0.4, 0.5) is 10.5 Å². The third-order valence-corrected chi connectivity index (χ3v) is 4.08. The molecule has 1 aromatic carbocycles. The fraction of sp³-hybridized carbons (Fsp3) is 0.600. The maximum atomic E-state index is 12.6. The van der Waals surface area contributed by atoms with E-state index in [0.717, 1.165) is 36.9 Å². The Kier molecular flexibility index (Phi) is 6.45. The van der Waals surface area contributed by atoms with Crippen LogP contribution in [0.15, 0.2) is 24.3 Å². The van der Waals surface area contributed by atoms with Crippen molar-refractivity contribution in [3.63, 3.8) is 0 Å². The molecule has 5 nitrogen and oxygen atoms in total. The quantitative estimate of drug-likeness (QED) is 0.562. The summed E-state index contributed by atoms with van der Waals surface area (Å²) in [5.74, 6) is -0.362. The topological polar surface area (TPSA) is 55.8 Å². The maximum absolute atomic E-state index is 12.6. The van der Waals surface area contributed by atoms with E-state index in [1.807, 2.05) is 45.0 Å². The molecule has 1 aromatic rings. The van der Waals surface area contributed by atoms with Gasteiger partial charge in [-0.15, -0.1) is 0 Å². The van der Waals surface area contributed by atoms with Gasteiger partial charge in [0.05, 0.1) is 12.3 Å². The van der Waals surface area contributed by atoms with E-state index in [2.05, 4.69) is 6.92 Å². The SMILES string of the molecule is CCCCCCOC(=O)[C@@H]1Cc2ccccc2N1C(=O)OC(C)(C)C. The molecule has 1 heterocycles. The lowest BCUT2D eigenvalue weighted by atomic mass is 10.1. The van der Waals surface area contributed by atoms with Crippen LogP contribution in [0.25, 0.3) is 0 Å². The van der Waals surface area contributed by atoms with E-state index in [1.165, 1.54) is 4.90 Å². The van der Waals surface area contributed by atoms with Crippen LogP contribution < -0.4 is 4.90 Å². The second kappa shape index (κ2) is 8.37. The van der Waals surface area contributed by atoms with Gasteiger partial charge >= 0.3 is 12.1 Å². The molecule has 1 atom stereocenters. The number of amides is 1. The molecule has 0 bridgehead atoms. The molecule has 0 spiro atoms. The Labute approximate surface area is 150 Å². The summed E-state index contributed by atoms with van der Waals surface area (Å²) in [7, 11) is 0. The minimum atomic E-state index is -0.654. The molecule has 0 saturated heterocycles. The molecule has 2 rings (SSSR count). The zero-order valence-corrected chi connectivity index (χ0v) is 15.7. The third kappa shape index (κ3) is 5.21. The predicted octanol–water partition coefficient (Wildman–Crippen LogP) is 4.48.